The Bertz CT molecular complexity index is 549. The van der Waals surface area contributed by atoms with Crippen molar-refractivity contribution in [3.05, 3.63) is 47.8 Å². The van der Waals surface area contributed by atoms with Crippen LogP contribution in [-0.4, -0.2) is 33.0 Å². The third-order valence-corrected chi connectivity index (χ3v) is 3.54. The largest absolute Gasteiger partial charge is 0.333 e. The van der Waals surface area contributed by atoms with Gasteiger partial charge >= 0.3 is 0 Å². The Morgan fingerprint density at radius 1 is 1.40 bits per heavy atom. The van der Waals surface area contributed by atoms with E-state index in [1.807, 2.05) is 37.6 Å². The number of rotatable bonds is 6. The summed E-state index contributed by atoms with van der Waals surface area (Å²) in [6, 6.07) is 6.25. The van der Waals surface area contributed by atoms with E-state index in [1.54, 1.807) is 0 Å². The second kappa shape index (κ2) is 6.63. The third-order valence-electron chi connectivity index (χ3n) is 3.54. The topological polar surface area (TPSA) is 60.0 Å². The van der Waals surface area contributed by atoms with Crippen LogP contribution in [0.15, 0.2) is 30.7 Å². The zero-order chi connectivity index (χ0) is 14.5. The van der Waals surface area contributed by atoms with E-state index in [1.165, 1.54) is 0 Å². The van der Waals surface area contributed by atoms with Crippen molar-refractivity contribution in [2.75, 3.05) is 13.6 Å². The highest BCUT2D eigenvalue weighted by Gasteiger charge is 2.19. The van der Waals surface area contributed by atoms with Crippen LogP contribution < -0.4 is 5.73 Å². The molecule has 0 aromatic carbocycles. The Labute approximate surface area is 120 Å². The lowest BCUT2D eigenvalue weighted by atomic mass is 10.1. The molecule has 2 heterocycles. The minimum Gasteiger partial charge on any atom is -0.333 e. The molecule has 20 heavy (non-hydrogen) atoms. The maximum Gasteiger partial charge on any atom is 0.0948 e. The van der Waals surface area contributed by atoms with E-state index >= 15 is 0 Å². The second-order valence-corrected chi connectivity index (χ2v) is 5.04. The molecule has 0 bridgehead atoms. The minimum absolute atomic E-state index is 0.153. The van der Waals surface area contributed by atoms with E-state index in [0.717, 1.165) is 30.2 Å². The fourth-order valence-electron chi connectivity index (χ4n) is 2.45. The van der Waals surface area contributed by atoms with Gasteiger partial charge < -0.3 is 10.3 Å². The predicted octanol–water partition coefficient (Wildman–Crippen LogP) is 1.74. The minimum atomic E-state index is 0.153. The first-order chi connectivity index (χ1) is 9.65. The van der Waals surface area contributed by atoms with Gasteiger partial charge in [-0.15, -0.1) is 0 Å². The fraction of sp³-hybridized carbons (Fsp3) is 0.467. The molecule has 108 valence electrons. The molecule has 0 aliphatic heterocycles. The molecule has 2 aromatic rings. The predicted molar refractivity (Wildman–Crippen MR) is 80.1 cm³/mol. The summed E-state index contributed by atoms with van der Waals surface area (Å²) in [5, 5.41) is 0. The number of nitrogens with two attached hydrogens (primary N) is 1. The Kier molecular flexibility index (Phi) is 4.87. The Morgan fingerprint density at radius 3 is 2.85 bits per heavy atom. The van der Waals surface area contributed by atoms with Gasteiger partial charge in [0.1, 0.15) is 0 Å². The number of pyridine rings is 1. The Balaban J connectivity index is 2.15. The highest BCUT2D eigenvalue weighted by Crippen LogP contribution is 2.19. The number of hydrogen-bond donors (Lipinski definition) is 1. The van der Waals surface area contributed by atoms with Crippen LogP contribution in [0.3, 0.4) is 0 Å². The molecule has 0 saturated heterocycles. The van der Waals surface area contributed by atoms with Crippen LogP contribution in [0.1, 0.15) is 30.0 Å². The standard InChI is InChI=1S/C15H23N5/c1-4-20-11-17-9-15(20)14(8-16)19(3)10-13-7-5-6-12(2)18-13/h5-7,9,11,14H,4,8,10,16H2,1-3H3. The molecule has 0 saturated carbocycles. The van der Waals surface area contributed by atoms with Crippen LogP contribution in [-0.2, 0) is 13.1 Å². The molecule has 1 atom stereocenters. The summed E-state index contributed by atoms with van der Waals surface area (Å²) < 4.78 is 2.14. The number of nitrogens with zero attached hydrogens (tertiary/aromatic N) is 4. The van der Waals surface area contributed by atoms with Crippen LogP contribution in [0.2, 0.25) is 0 Å². The lowest BCUT2D eigenvalue weighted by Gasteiger charge is -2.27. The number of aryl methyl sites for hydroxylation is 2. The van der Waals surface area contributed by atoms with Crippen molar-refractivity contribution in [3.63, 3.8) is 0 Å². The number of imidazole rings is 1. The van der Waals surface area contributed by atoms with E-state index in [4.69, 9.17) is 5.73 Å². The Hall–Kier alpha value is -1.72. The van der Waals surface area contributed by atoms with Crippen LogP contribution >= 0.6 is 0 Å². The molecule has 2 aromatic heterocycles. The van der Waals surface area contributed by atoms with E-state index < -0.39 is 0 Å². The quantitative estimate of drug-likeness (QED) is 0.871. The molecular weight excluding hydrogens is 250 g/mol. The first kappa shape index (κ1) is 14.7. The SMILES string of the molecule is CCn1cncc1C(CN)N(C)Cc1cccc(C)n1. The van der Waals surface area contributed by atoms with Crippen LogP contribution in [0.4, 0.5) is 0 Å². The van der Waals surface area contributed by atoms with Crippen molar-refractivity contribution in [3.8, 4) is 0 Å². The highest BCUT2D eigenvalue weighted by molar-refractivity contribution is 5.11. The van der Waals surface area contributed by atoms with E-state index in [0.29, 0.717) is 6.54 Å². The van der Waals surface area contributed by atoms with Gasteiger partial charge in [0.25, 0.3) is 0 Å². The van der Waals surface area contributed by atoms with Gasteiger partial charge in [-0.1, -0.05) is 6.07 Å². The lowest BCUT2D eigenvalue weighted by molar-refractivity contribution is 0.230. The van der Waals surface area contributed by atoms with Gasteiger partial charge in [-0.3, -0.25) is 9.88 Å². The molecule has 0 spiro atoms. The molecule has 5 heteroatoms. The summed E-state index contributed by atoms with van der Waals surface area (Å²) in [6.45, 7) is 6.37. The zero-order valence-corrected chi connectivity index (χ0v) is 12.5. The summed E-state index contributed by atoms with van der Waals surface area (Å²) in [5.41, 5.74) is 9.23. The van der Waals surface area contributed by atoms with Crippen LogP contribution in [0.25, 0.3) is 0 Å². The molecule has 0 radical (unpaired) electrons. The van der Waals surface area contributed by atoms with Gasteiger partial charge in [0.15, 0.2) is 0 Å². The monoisotopic (exact) mass is 273 g/mol. The molecule has 2 N–H and O–H groups in total. The van der Waals surface area contributed by atoms with Crippen molar-refractivity contribution in [1.29, 1.82) is 0 Å². The second-order valence-electron chi connectivity index (χ2n) is 5.04. The summed E-state index contributed by atoms with van der Waals surface area (Å²) in [5.74, 6) is 0. The van der Waals surface area contributed by atoms with Crippen LogP contribution in [0.5, 0.6) is 0 Å². The van der Waals surface area contributed by atoms with Crippen molar-refractivity contribution in [1.82, 2.24) is 19.4 Å². The summed E-state index contributed by atoms with van der Waals surface area (Å²) in [6.07, 6.45) is 3.76. The van der Waals surface area contributed by atoms with Gasteiger partial charge in [0, 0.05) is 31.5 Å². The maximum atomic E-state index is 5.97. The molecule has 0 fully saturated rings. The average molecular weight is 273 g/mol. The molecule has 1 unspecified atom stereocenters. The smallest absolute Gasteiger partial charge is 0.0948 e. The van der Waals surface area contributed by atoms with Gasteiger partial charge in [0.05, 0.1) is 23.8 Å². The van der Waals surface area contributed by atoms with Gasteiger partial charge in [-0.05, 0) is 33.0 Å². The first-order valence-corrected chi connectivity index (χ1v) is 6.98. The van der Waals surface area contributed by atoms with Gasteiger partial charge in [-0.2, -0.15) is 0 Å². The van der Waals surface area contributed by atoms with Gasteiger partial charge in [0.2, 0.25) is 0 Å². The number of hydrogen-bond acceptors (Lipinski definition) is 4. The van der Waals surface area contributed by atoms with Crippen molar-refractivity contribution in [2.24, 2.45) is 5.73 Å². The maximum absolute atomic E-state index is 5.97. The molecule has 0 aliphatic carbocycles. The van der Waals surface area contributed by atoms with Crippen molar-refractivity contribution >= 4 is 0 Å². The summed E-state index contributed by atoms with van der Waals surface area (Å²) >= 11 is 0. The Morgan fingerprint density at radius 2 is 2.20 bits per heavy atom. The van der Waals surface area contributed by atoms with Crippen molar-refractivity contribution in [2.45, 2.75) is 33.0 Å². The van der Waals surface area contributed by atoms with Gasteiger partial charge in [-0.25, -0.2) is 4.98 Å². The first-order valence-electron chi connectivity index (χ1n) is 6.98. The molecule has 0 amide bonds. The van der Waals surface area contributed by atoms with E-state index in [-0.39, 0.29) is 6.04 Å². The van der Waals surface area contributed by atoms with E-state index in [9.17, 15) is 0 Å². The summed E-state index contributed by atoms with van der Waals surface area (Å²) in [4.78, 5) is 11.0. The third kappa shape index (κ3) is 3.23. The normalized spacial score (nSPS) is 12.8. The molecular formula is C15H23N5. The molecule has 0 aliphatic rings. The zero-order valence-electron chi connectivity index (χ0n) is 12.5. The number of likely N-dealkylation sites (N-methyl/N-ethyl adjacent to an activating group) is 1. The molecule has 2 rings (SSSR count). The highest BCUT2D eigenvalue weighted by atomic mass is 15.2. The number of aromatic nitrogens is 3. The van der Waals surface area contributed by atoms with Crippen LogP contribution in [0, 0.1) is 6.92 Å². The average Bonchev–Trinajstić information content (AvgIpc) is 2.88. The summed E-state index contributed by atoms with van der Waals surface area (Å²) in [7, 11) is 2.08. The van der Waals surface area contributed by atoms with Crippen molar-refractivity contribution < 1.29 is 0 Å². The molecule has 5 nitrogen and oxygen atoms in total. The lowest BCUT2D eigenvalue weighted by Crippen LogP contribution is -2.32. The fourth-order valence-corrected chi connectivity index (χ4v) is 2.45. The van der Waals surface area contributed by atoms with E-state index in [2.05, 4.69) is 33.4 Å².